The molecule has 168 valence electrons. The van der Waals surface area contributed by atoms with Crippen molar-refractivity contribution in [3.63, 3.8) is 0 Å². The number of hydrogen-bond donors (Lipinski definition) is 3. The molecule has 1 heterocycles. The van der Waals surface area contributed by atoms with Gasteiger partial charge in [-0.2, -0.15) is 0 Å². The van der Waals surface area contributed by atoms with Crippen molar-refractivity contribution in [3.8, 4) is 5.75 Å². The number of guanidine groups is 1. The molecule has 1 unspecified atom stereocenters. The normalized spacial score (nSPS) is 15.8. The van der Waals surface area contributed by atoms with Gasteiger partial charge in [-0.1, -0.05) is 24.3 Å². The van der Waals surface area contributed by atoms with Crippen LogP contribution in [0.5, 0.6) is 5.75 Å². The van der Waals surface area contributed by atoms with Crippen LogP contribution in [0.25, 0.3) is 0 Å². The molecule has 1 fully saturated rings. The van der Waals surface area contributed by atoms with E-state index in [1.165, 1.54) is 0 Å². The van der Waals surface area contributed by atoms with Gasteiger partial charge in [-0.25, -0.2) is 0 Å². The van der Waals surface area contributed by atoms with E-state index in [-0.39, 0.29) is 29.9 Å². The van der Waals surface area contributed by atoms with Crippen LogP contribution in [0, 0.1) is 0 Å². The summed E-state index contributed by atoms with van der Waals surface area (Å²) in [4.78, 5) is 18.7. The molecule has 0 aliphatic carbocycles. The highest BCUT2D eigenvalue weighted by molar-refractivity contribution is 14.0. The molecule has 0 aromatic heterocycles. The lowest BCUT2D eigenvalue weighted by atomic mass is 10.1. The smallest absolute Gasteiger partial charge is 0.251 e. The molecule has 0 radical (unpaired) electrons. The number of carbonyl (C=O) groups is 1. The molecule has 2 aromatic rings. The van der Waals surface area contributed by atoms with Gasteiger partial charge in [-0.15, -0.1) is 24.0 Å². The van der Waals surface area contributed by atoms with Crippen molar-refractivity contribution in [2.24, 2.45) is 4.99 Å². The molecule has 0 spiro atoms. The molecule has 1 saturated heterocycles. The van der Waals surface area contributed by atoms with Crippen LogP contribution in [0.3, 0.4) is 0 Å². The van der Waals surface area contributed by atoms with Gasteiger partial charge >= 0.3 is 0 Å². The molecule has 0 bridgehead atoms. The Labute approximate surface area is 201 Å². The Kier molecular flexibility index (Phi) is 9.90. The molecule has 31 heavy (non-hydrogen) atoms. The quantitative estimate of drug-likeness (QED) is 0.288. The van der Waals surface area contributed by atoms with Crippen molar-refractivity contribution in [3.05, 3.63) is 59.7 Å². The largest absolute Gasteiger partial charge is 0.495 e. The maximum Gasteiger partial charge on any atom is 0.251 e. The summed E-state index contributed by atoms with van der Waals surface area (Å²) >= 11 is 0. The minimum absolute atomic E-state index is 0. The number of nitrogens with zero attached hydrogens (tertiary/aromatic N) is 2. The second-order valence-electron chi connectivity index (χ2n) is 7.23. The van der Waals surface area contributed by atoms with Crippen LogP contribution in [0.2, 0.25) is 0 Å². The molecular formula is C23H32IN5O2. The van der Waals surface area contributed by atoms with Gasteiger partial charge in [0.05, 0.1) is 12.8 Å². The first-order valence-corrected chi connectivity index (χ1v) is 10.4. The molecule has 1 amide bonds. The first-order valence-electron chi connectivity index (χ1n) is 10.4. The highest BCUT2D eigenvalue weighted by Crippen LogP contribution is 2.30. The maximum atomic E-state index is 12.0. The number of aliphatic imine (C=N–C) groups is 1. The highest BCUT2D eigenvalue weighted by atomic mass is 127. The molecule has 1 atom stereocenters. The predicted octanol–water partition coefficient (Wildman–Crippen LogP) is 3.01. The monoisotopic (exact) mass is 537 g/mol. The number of hydrogen-bond acceptors (Lipinski definition) is 4. The molecule has 3 N–H and O–H groups in total. The number of amides is 1. The second kappa shape index (κ2) is 12.4. The number of ether oxygens (including phenoxy) is 1. The second-order valence-corrected chi connectivity index (χ2v) is 7.23. The van der Waals surface area contributed by atoms with E-state index >= 15 is 0 Å². The summed E-state index contributed by atoms with van der Waals surface area (Å²) < 4.78 is 5.50. The van der Waals surface area contributed by atoms with Crippen LogP contribution in [0.1, 0.15) is 29.3 Å². The van der Waals surface area contributed by atoms with Crippen LogP contribution < -0.4 is 25.6 Å². The number of nitrogens with one attached hydrogen (secondary N) is 3. The van der Waals surface area contributed by atoms with Crippen molar-refractivity contribution >= 4 is 41.5 Å². The van der Waals surface area contributed by atoms with Gasteiger partial charge in [-0.05, 0) is 43.2 Å². The average molecular weight is 537 g/mol. The Bertz CT molecular complexity index is 890. The topological polar surface area (TPSA) is 78.0 Å². The number of halogens is 1. The standard InChI is InChI=1S/C23H31N5O2.HI/c1-4-25-22(29)18-9-7-8-17(14-18)15-26-23(24-2)27-19-12-13-28(16-19)20-10-5-6-11-21(20)30-3;/h5-11,14,19H,4,12-13,15-16H2,1-3H3,(H,25,29)(H2,24,26,27);1H. The van der Waals surface area contributed by atoms with E-state index in [1.807, 2.05) is 49.4 Å². The Morgan fingerprint density at radius 1 is 1.19 bits per heavy atom. The number of benzene rings is 2. The van der Waals surface area contributed by atoms with Gasteiger partial charge in [-0.3, -0.25) is 9.79 Å². The summed E-state index contributed by atoms with van der Waals surface area (Å²) in [5.74, 6) is 1.60. The summed E-state index contributed by atoms with van der Waals surface area (Å²) in [7, 11) is 3.48. The fourth-order valence-electron chi connectivity index (χ4n) is 3.65. The van der Waals surface area contributed by atoms with Gasteiger partial charge in [0.2, 0.25) is 0 Å². The molecule has 2 aromatic carbocycles. The average Bonchev–Trinajstić information content (AvgIpc) is 3.25. The molecule has 0 saturated carbocycles. The summed E-state index contributed by atoms with van der Waals surface area (Å²) in [6, 6.07) is 16.0. The van der Waals surface area contributed by atoms with Crippen molar-refractivity contribution in [2.45, 2.75) is 25.9 Å². The summed E-state index contributed by atoms with van der Waals surface area (Å²) in [5, 5.41) is 9.69. The number of methoxy groups -OCH3 is 1. The van der Waals surface area contributed by atoms with E-state index in [4.69, 9.17) is 4.74 Å². The molecular weight excluding hydrogens is 505 g/mol. The van der Waals surface area contributed by atoms with E-state index < -0.39 is 0 Å². The van der Waals surface area contributed by atoms with Crippen LogP contribution in [-0.4, -0.2) is 51.7 Å². The molecule has 1 aliphatic rings. The predicted molar refractivity (Wildman–Crippen MR) is 137 cm³/mol. The van der Waals surface area contributed by atoms with Gasteiger partial charge in [0.1, 0.15) is 5.75 Å². The molecule has 8 heteroatoms. The fraction of sp³-hybridized carbons (Fsp3) is 0.391. The first kappa shape index (κ1) is 24.8. The zero-order valence-corrected chi connectivity index (χ0v) is 20.7. The number of para-hydroxylation sites is 2. The molecule has 3 rings (SSSR count). The van der Waals surface area contributed by atoms with Crippen molar-refractivity contribution in [1.82, 2.24) is 16.0 Å². The number of rotatable bonds is 7. The van der Waals surface area contributed by atoms with Gasteiger partial charge < -0.3 is 25.6 Å². The minimum atomic E-state index is -0.0516. The lowest BCUT2D eigenvalue weighted by Crippen LogP contribution is -2.44. The lowest BCUT2D eigenvalue weighted by molar-refractivity contribution is 0.0955. The number of carbonyl (C=O) groups excluding carboxylic acids is 1. The van der Waals surface area contributed by atoms with Gasteiger partial charge in [0, 0.05) is 44.8 Å². The van der Waals surface area contributed by atoms with Gasteiger partial charge in [0.15, 0.2) is 5.96 Å². The van der Waals surface area contributed by atoms with E-state index in [0.717, 1.165) is 42.5 Å². The Morgan fingerprint density at radius 2 is 2.00 bits per heavy atom. The van der Waals surface area contributed by atoms with Crippen LogP contribution >= 0.6 is 24.0 Å². The third kappa shape index (κ3) is 6.75. The summed E-state index contributed by atoms with van der Waals surface area (Å²) in [6.45, 7) is 4.97. The van der Waals surface area contributed by atoms with Crippen molar-refractivity contribution in [1.29, 1.82) is 0 Å². The fourth-order valence-corrected chi connectivity index (χ4v) is 3.65. The third-order valence-electron chi connectivity index (χ3n) is 5.17. The molecule has 7 nitrogen and oxygen atoms in total. The summed E-state index contributed by atoms with van der Waals surface area (Å²) in [5.41, 5.74) is 2.82. The maximum absolute atomic E-state index is 12.0. The SMILES string of the molecule is CCNC(=O)c1cccc(CNC(=NC)NC2CCN(c3ccccc3OC)C2)c1.I. The Balaban J connectivity index is 0.00000341. The Morgan fingerprint density at radius 3 is 2.74 bits per heavy atom. The van der Waals surface area contributed by atoms with E-state index in [9.17, 15) is 4.79 Å². The van der Waals surface area contributed by atoms with Crippen molar-refractivity contribution in [2.75, 3.05) is 38.7 Å². The van der Waals surface area contributed by atoms with Gasteiger partial charge in [0.25, 0.3) is 5.91 Å². The number of anilines is 1. The van der Waals surface area contributed by atoms with E-state index in [2.05, 4.69) is 31.9 Å². The summed E-state index contributed by atoms with van der Waals surface area (Å²) in [6.07, 6.45) is 1.02. The third-order valence-corrected chi connectivity index (χ3v) is 5.17. The first-order chi connectivity index (χ1) is 14.6. The minimum Gasteiger partial charge on any atom is -0.495 e. The van der Waals surface area contributed by atoms with E-state index in [0.29, 0.717) is 24.7 Å². The molecule has 1 aliphatic heterocycles. The van der Waals surface area contributed by atoms with Crippen LogP contribution in [-0.2, 0) is 6.54 Å². The zero-order valence-electron chi connectivity index (χ0n) is 18.4. The van der Waals surface area contributed by atoms with Crippen LogP contribution in [0.4, 0.5) is 5.69 Å². The highest BCUT2D eigenvalue weighted by Gasteiger charge is 2.25. The van der Waals surface area contributed by atoms with E-state index in [1.54, 1.807) is 14.2 Å². The van der Waals surface area contributed by atoms with Crippen LogP contribution in [0.15, 0.2) is 53.5 Å². The lowest BCUT2D eigenvalue weighted by Gasteiger charge is -2.22. The Hall–Kier alpha value is -2.49. The zero-order chi connectivity index (χ0) is 21.3. The van der Waals surface area contributed by atoms with Crippen molar-refractivity contribution < 1.29 is 9.53 Å².